The lowest BCUT2D eigenvalue weighted by atomic mass is 10.0. The Bertz CT molecular complexity index is 509. The van der Waals surface area contributed by atoms with E-state index in [1.165, 1.54) is 0 Å². The van der Waals surface area contributed by atoms with Crippen LogP contribution in [0.25, 0.3) is 0 Å². The maximum absolute atomic E-state index is 12.0. The van der Waals surface area contributed by atoms with Crippen LogP contribution in [-0.2, 0) is 4.79 Å². The van der Waals surface area contributed by atoms with E-state index in [2.05, 4.69) is 5.32 Å². The number of aryl methyl sites for hydroxylation is 2. The number of benzene rings is 1. The maximum atomic E-state index is 12.0. The van der Waals surface area contributed by atoms with Crippen molar-refractivity contribution in [2.24, 2.45) is 0 Å². The second kappa shape index (κ2) is 4.90. The molecule has 1 aromatic rings. The Hall–Kier alpha value is -1.68. The summed E-state index contributed by atoms with van der Waals surface area (Å²) < 4.78 is 0. The molecule has 0 aromatic heterocycles. The zero-order chi connectivity index (χ0) is 13.3. The number of nitrogens with one attached hydrogen (secondary N) is 1. The normalized spacial score (nSPS) is 14.3. The summed E-state index contributed by atoms with van der Waals surface area (Å²) in [6.45, 7) is 7.91. The smallest absolute Gasteiger partial charge is 0.299 e. The number of fused-ring (bicyclic) bond motifs is 1. The van der Waals surface area contributed by atoms with Crippen LogP contribution in [0, 0.1) is 13.8 Å². The van der Waals surface area contributed by atoms with Crippen molar-refractivity contribution in [1.29, 1.82) is 0 Å². The number of likely N-dealkylation sites (N-methyl/N-ethyl adjacent to an activating group) is 1. The maximum Gasteiger partial charge on any atom is 0.299 e. The van der Waals surface area contributed by atoms with Crippen LogP contribution in [0.3, 0.4) is 0 Å². The topological polar surface area (TPSA) is 49.4 Å². The van der Waals surface area contributed by atoms with Crippen LogP contribution in [0.1, 0.15) is 28.4 Å². The molecule has 1 amide bonds. The minimum atomic E-state index is -0.402. The number of anilines is 1. The minimum Gasteiger partial charge on any atom is -0.315 e. The first-order valence-electron chi connectivity index (χ1n) is 6.25. The molecule has 0 bridgehead atoms. The molecule has 0 saturated carbocycles. The molecule has 0 atom stereocenters. The van der Waals surface area contributed by atoms with E-state index >= 15 is 0 Å². The molecule has 0 unspecified atom stereocenters. The molecule has 4 nitrogen and oxygen atoms in total. The van der Waals surface area contributed by atoms with Gasteiger partial charge in [-0.3, -0.25) is 9.59 Å². The van der Waals surface area contributed by atoms with Gasteiger partial charge in [-0.25, -0.2) is 0 Å². The lowest BCUT2D eigenvalue weighted by molar-refractivity contribution is -0.114. The van der Waals surface area contributed by atoms with Gasteiger partial charge in [-0.1, -0.05) is 19.1 Å². The first kappa shape index (κ1) is 12.8. The van der Waals surface area contributed by atoms with Gasteiger partial charge in [-0.15, -0.1) is 0 Å². The first-order chi connectivity index (χ1) is 8.57. The average Bonchev–Trinajstić information content (AvgIpc) is 2.60. The number of ketones is 1. The molecule has 1 aliphatic heterocycles. The molecule has 0 aliphatic carbocycles. The SMILES string of the molecule is CCNCCN1C(=O)C(=O)c2c(C)ccc(C)c21. The Kier molecular flexibility index (Phi) is 3.48. The van der Waals surface area contributed by atoms with Crippen molar-refractivity contribution >= 4 is 17.4 Å². The van der Waals surface area contributed by atoms with Crippen LogP contribution in [0.15, 0.2) is 12.1 Å². The molecule has 18 heavy (non-hydrogen) atoms. The molecule has 2 rings (SSSR count). The summed E-state index contributed by atoms with van der Waals surface area (Å²) in [6.07, 6.45) is 0. The molecule has 1 N–H and O–H groups in total. The highest BCUT2D eigenvalue weighted by atomic mass is 16.2. The van der Waals surface area contributed by atoms with Gasteiger partial charge in [0.25, 0.3) is 11.7 Å². The molecule has 1 aliphatic rings. The largest absolute Gasteiger partial charge is 0.315 e. The molecule has 0 fully saturated rings. The quantitative estimate of drug-likeness (QED) is 0.646. The van der Waals surface area contributed by atoms with E-state index in [1.54, 1.807) is 4.90 Å². The van der Waals surface area contributed by atoms with Crippen molar-refractivity contribution in [1.82, 2.24) is 5.32 Å². The monoisotopic (exact) mass is 246 g/mol. The number of hydrogen-bond donors (Lipinski definition) is 1. The van der Waals surface area contributed by atoms with Crippen LogP contribution < -0.4 is 10.2 Å². The molecule has 0 spiro atoms. The molecule has 1 heterocycles. The second-order valence-electron chi connectivity index (χ2n) is 4.56. The van der Waals surface area contributed by atoms with Gasteiger partial charge in [0.2, 0.25) is 0 Å². The summed E-state index contributed by atoms with van der Waals surface area (Å²) in [4.78, 5) is 25.6. The number of nitrogens with zero attached hydrogens (tertiary/aromatic N) is 1. The molecule has 1 aromatic carbocycles. The summed E-state index contributed by atoms with van der Waals surface area (Å²) in [6, 6.07) is 3.85. The molecular formula is C14H18N2O2. The lowest BCUT2D eigenvalue weighted by Crippen LogP contribution is -2.36. The minimum absolute atomic E-state index is 0.373. The first-order valence-corrected chi connectivity index (χ1v) is 6.25. The summed E-state index contributed by atoms with van der Waals surface area (Å²) in [5, 5.41) is 3.17. The highest BCUT2D eigenvalue weighted by Gasteiger charge is 2.37. The zero-order valence-corrected chi connectivity index (χ0v) is 11.0. The highest BCUT2D eigenvalue weighted by Crippen LogP contribution is 2.34. The van der Waals surface area contributed by atoms with E-state index in [0.29, 0.717) is 18.7 Å². The number of rotatable bonds is 4. The Balaban J connectivity index is 2.39. The van der Waals surface area contributed by atoms with Crippen molar-refractivity contribution in [3.8, 4) is 0 Å². The van der Waals surface area contributed by atoms with E-state index in [9.17, 15) is 9.59 Å². The van der Waals surface area contributed by atoms with Crippen LogP contribution in [-0.4, -0.2) is 31.3 Å². The summed E-state index contributed by atoms with van der Waals surface area (Å²) in [7, 11) is 0. The zero-order valence-electron chi connectivity index (χ0n) is 11.0. The van der Waals surface area contributed by atoms with E-state index in [0.717, 1.165) is 23.4 Å². The van der Waals surface area contributed by atoms with Crippen LogP contribution in [0.2, 0.25) is 0 Å². The van der Waals surface area contributed by atoms with Gasteiger partial charge in [0.15, 0.2) is 0 Å². The lowest BCUT2D eigenvalue weighted by Gasteiger charge is -2.18. The fourth-order valence-corrected chi connectivity index (χ4v) is 2.34. The Morgan fingerprint density at radius 2 is 1.83 bits per heavy atom. The summed E-state index contributed by atoms with van der Waals surface area (Å²) in [5.74, 6) is -0.775. The van der Waals surface area contributed by atoms with Gasteiger partial charge < -0.3 is 10.2 Å². The Morgan fingerprint density at radius 1 is 1.17 bits per heavy atom. The van der Waals surface area contributed by atoms with Gasteiger partial charge in [-0.2, -0.15) is 0 Å². The summed E-state index contributed by atoms with van der Waals surface area (Å²) >= 11 is 0. The number of hydrogen-bond acceptors (Lipinski definition) is 3. The van der Waals surface area contributed by atoms with Gasteiger partial charge in [0.1, 0.15) is 0 Å². The van der Waals surface area contributed by atoms with Crippen molar-refractivity contribution in [3.63, 3.8) is 0 Å². The number of carbonyl (C=O) groups is 2. The fourth-order valence-electron chi connectivity index (χ4n) is 2.34. The second-order valence-corrected chi connectivity index (χ2v) is 4.56. The van der Waals surface area contributed by atoms with Gasteiger partial charge in [0, 0.05) is 13.1 Å². The third-order valence-electron chi connectivity index (χ3n) is 3.29. The standard InChI is InChI=1S/C14H18N2O2/c1-4-15-7-8-16-12-10(3)6-5-9(2)11(12)13(17)14(16)18/h5-6,15H,4,7-8H2,1-3H3. The number of amides is 1. The molecule has 96 valence electrons. The molecular weight excluding hydrogens is 228 g/mol. The van der Waals surface area contributed by atoms with Crippen molar-refractivity contribution in [2.75, 3.05) is 24.5 Å². The van der Waals surface area contributed by atoms with E-state index < -0.39 is 5.91 Å². The highest BCUT2D eigenvalue weighted by molar-refractivity contribution is 6.52. The summed E-state index contributed by atoms with van der Waals surface area (Å²) in [5.41, 5.74) is 3.23. The average molecular weight is 246 g/mol. The predicted octanol–water partition coefficient (Wildman–Crippen LogP) is 1.44. The van der Waals surface area contributed by atoms with Crippen LogP contribution in [0.5, 0.6) is 0 Å². The van der Waals surface area contributed by atoms with E-state index in [4.69, 9.17) is 0 Å². The van der Waals surface area contributed by atoms with E-state index in [1.807, 2.05) is 32.9 Å². The van der Waals surface area contributed by atoms with Gasteiger partial charge >= 0.3 is 0 Å². The Labute approximate surface area is 107 Å². The molecule has 0 radical (unpaired) electrons. The van der Waals surface area contributed by atoms with Gasteiger partial charge in [0.05, 0.1) is 11.3 Å². The fraction of sp³-hybridized carbons (Fsp3) is 0.429. The number of carbonyl (C=O) groups excluding carboxylic acids is 2. The van der Waals surface area contributed by atoms with Crippen LogP contribution >= 0.6 is 0 Å². The van der Waals surface area contributed by atoms with E-state index in [-0.39, 0.29) is 5.78 Å². The molecule has 0 saturated heterocycles. The predicted molar refractivity (Wildman–Crippen MR) is 71.1 cm³/mol. The third kappa shape index (κ3) is 1.93. The number of Topliss-reactive ketones (excluding diaryl/α,β-unsaturated/α-hetero) is 1. The van der Waals surface area contributed by atoms with Crippen molar-refractivity contribution in [3.05, 3.63) is 28.8 Å². The van der Waals surface area contributed by atoms with Gasteiger partial charge in [-0.05, 0) is 31.5 Å². The van der Waals surface area contributed by atoms with Crippen LogP contribution in [0.4, 0.5) is 5.69 Å². The van der Waals surface area contributed by atoms with Crippen molar-refractivity contribution < 1.29 is 9.59 Å². The third-order valence-corrected chi connectivity index (χ3v) is 3.29. The van der Waals surface area contributed by atoms with Crippen molar-refractivity contribution in [2.45, 2.75) is 20.8 Å². The Morgan fingerprint density at radius 3 is 2.50 bits per heavy atom. The molecule has 4 heteroatoms.